The molecule has 0 bridgehead atoms. The summed E-state index contributed by atoms with van der Waals surface area (Å²) < 4.78 is 0. The van der Waals surface area contributed by atoms with Crippen LogP contribution < -0.4 is 10.6 Å². The predicted octanol–water partition coefficient (Wildman–Crippen LogP) is 3.66. The zero-order valence-corrected chi connectivity index (χ0v) is 12.5. The molecular weight excluding hydrogens is 246 g/mol. The molecule has 3 nitrogen and oxygen atoms in total. The van der Waals surface area contributed by atoms with Crippen molar-refractivity contribution in [1.29, 1.82) is 5.41 Å². The van der Waals surface area contributed by atoms with Crippen LogP contribution >= 0.6 is 0 Å². The summed E-state index contributed by atoms with van der Waals surface area (Å²) in [5.41, 5.74) is 12.1. The van der Waals surface area contributed by atoms with E-state index in [-0.39, 0.29) is 5.84 Å². The van der Waals surface area contributed by atoms with Crippen LogP contribution in [-0.2, 0) is 0 Å². The van der Waals surface area contributed by atoms with E-state index in [4.69, 9.17) is 11.1 Å². The molecule has 0 spiro atoms. The van der Waals surface area contributed by atoms with Gasteiger partial charge in [0.25, 0.3) is 0 Å². The summed E-state index contributed by atoms with van der Waals surface area (Å²) in [6, 6.07) is 12.5. The van der Waals surface area contributed by atoms with E-state index in [1.807, 2.05) is 19.1 Å². The molecule has 2 aromatic rings. The fourth-order valence-electron chi connectivity index (χ4n) is 2.45. The Morgan fingerprint density at radius 1 is 0.950 bits per heavy atom. The average Bonchev–Trinajstić information content (AvgIpc) is 2.36. The van der Waals surface area contributed by atoms with Crippen molar-refractivity contribution in [2.45, 2.75) is 20.8 Å². The molecule has 3 heteroatoms. The van der Waals surface area contributed by atoms with Gasteiger partial charge < -0.3 is 10.6 Å². The first-order valence-electron chi connectivity index (χ1n) is 6.65. The number of nitrogens with one attached hydrogen (secondary N) is 1. The Morgan fingerprint density at radius 3 is 2.05 bits per heavy atom. The molecule has 2 aromatic carbocycles. The van der Waals surface area contributed by atoms with E-state index in [0.29, 0.717) is 0 Å². The first-order valence-corrected chi connectivity index (χ1v) is 6.65. The standard InChI is InChI=1S/C17H21N3/c1-11-7-12(2)9-15(8-11)20(4)14-5-6-16(17(18)19)13(3)10-14/h5-10H,1-4H3,(H3,18,19). The van der Waals surface area contributed by atoms with Gasteiger partial charge in [-0.2, -0.15) is 0 Å². The number of anilines is 2. The molecule has 0 aliphatic heterocycles. The van der Waals surface area contributed by atoms with Crippen LogP contribution in [0.15, 0.2) is 36.4 Å². The maximum Gasteiger partial charge on any atom is 0.123 e. The largest absolute Gasteiger partial charge is 0.384 e. The Hall–Kier alpha value is -2.29. The molecule has 3 N–H and O–H groups in total. The van der Waals surface area contributed by atoms with Crippen molar-refractivity contribution in [2.24, 2.45) is 5.73 Å². The van der Waals surface area contributed by atoms with Crippen molar-refractivity contribution in [3.8, 4) is 0 Å². The van der Waals surface area contributed by atoms with Gasteiger partial charge in [0.05, 0.1) is 0 Å². The van der Waals surface area contributed by atoms with Crippen molar-refractivity contribution in [3.63, 3.8) is 0 Å². The van der Waals surface area contributed by atoms with Crippen LogP contribution in [0.5, 0.6) is 0 Å². The van der Waals surface area contributed by atoms with Gasteiger partial charge in [-0.1, -0.05) is 6.07 Å². The number of hydrogen-bond donors (Lipinski definition) is 2. The summed E-state index contributed by atoms with van der Waals surface area (Å²) in [4.78, 5) is 2.15. The van der Waals surface area contributed by atoms with Crippen molar-refractivity contribution in [1.82, 2.24) is 0 Å². The van der Waals surface area contributed by atoms with Gasteiger partial charge >= 0.3 is 0 Å². The second-order valence-corrected chi connectivity index (χ2v) is 5.32. The number of nitrogens with zero attached hydrogens (tertiary/aromatic N) is 1. The fraction of sp³-hybridized carbons (Fsp3) is 0.235. The third kappa shape index (κ3) is 2.82. The number of hydrogen-bond acceptors (Lipinski definition) is 2. The third-order valence-corrected chi connectivity index (χ3v) is 3.48. The molecule has 0 aromatic heterocycles. The molecule has 0 saturated heterocycles. The lowest BCUT2D eigenvalue weighted by Gasteiger charge is -2.22. The van der Waals surface area contributed by atoms with E-state index in [1.165, 1.54) is 11.1 Å². The first-order chi connectivity index (χ1) is 9.38. The maximum absolute atomic E-state index is 7.54. The number of amidine groups is 1. The van der Waals surface area contributed by atoms with Crippen LogP contribution in [0.1, 0.15) is 22.3 Å². The van der Waals surface area contributed by atoms with E-state index in [9.17, 15) is 0 Å². The topological polar surface area (TPSA) is 53.1 Å². The van der Waals surface area contributed by atoms with E-state index in [1.54, 1.807) is 0 Å². The lowest BCUT2D eigenvalue weighted by Crippen LogP contribution is -2.14. The van der Waals surface area contributed by atoms with E-state index < -0.39 is 0 Å². The summed E-state index contributed by atoms with van der Waals surface area (Å²) >= 11 is 0. The normalized spacial score (nSPS) is 10.4. The van der Waals surface area contributed by atoms with Crippen molar-refractivity contribution in [3.05, 3.63) is 58.7 Å². The predicted molar refractivity (Wildman–Crippen MR) is 86.2 cm³/mol. The van der Waals surface area contributed by atoms with E-state index >= 15 is 0 Å². The minimum absolute atomic E-state index is 0.114. The van der Waals surface area contributed by atoms with Crippen molar-refractivity contribution in [2.75, 3.05) is 11.9 Å². The number of benzene rings is 2. The summed E-state index contributed by atoms with van der Waals surface area (Å²) in [6.07, 6.45) is 0. The highest BCUT2D eigenvalue weighted by Crippen LogP contribution is 2.27. The van der Waals surface area contributed by atoms with Crippen LogP contribution in [0.2, 0.25) is 0 Å². The molecule has 0 radical (unpaired) electrons. The maximum atomic E-state index is 7.54. The minimum Gasteiger partial charge on any atom is -0.384 e. The van der Waals surface area contributed by atoms with E-state index in [0.717, 1.165) is 22.5 Å². The molecule has 0 atom stereocenters. The molecule has 0 unspecified atom stereocenters. The molecule has 2 rings (SSSR count). The molecule has 0 fully saturated rings. The molecule has 0 saturated carbocycles. The molecular formula is C17H21N3. The number of aryl methyl sites for hydroxylation is 3. The highest BCUT2D eigenvalue weighted by Gasteiger charge is 2.08. The minimum atomic E-state index is 0.114. The highest BCUT2D eigenvalue weighted by molar-refractivity contribution is 5.96. The Balaban J connectivity index is 2.40. The zero-order chi connectivity index (χ0) is 14.9. The smallest absolute Gasteiger partial charge is 0.123 e. The van der Waals surface area contributed by atoms with Gasteiger partial charge in [0.2, 0.25) is 0 Å². The Bertz CT molecular complexity index is 639. The average molecular weight is 267 g/mol. The number of nitrogens with two attached hydrogens (primary N) is 1. The summed E-state index contributed by atoms with van der Waals surface area (Å²) in [6.45, 7) is 6.19. The lowest BCUT2D eigenvalue weighted by atomic mass is 10.1. The first kappa shape index (κ1) is 14.1. The zero-order valence-electron chi connectivity index (χ0n) is 12.5. The van der Waals surface area contributed by atoms with Gasteiger partial charge in [0, 0.05) is 24.0 Å². The third-order valence-electron chi connectivity index (χ3n) is 3.48. The molecule has 0 heterocycles. The van der Waals surface area contributed by atoms with Crippen molar-refractivity contribution >= 4 is 17.2 Å². The fourth-order valence-corrected chi connectivity index (χ4v) is 2.45. The van der Waals surface area contributed by atoms with Gasteiger partial charge in [-0.15, -0.1) is 0 Å². The Morgan fingerprint density at radius 2 is 1.55 bits per heavy atom. The van der Waals surface area contributed by atoms with Gasteiger partial charge in [-0.05, 0) is 67.8 Å². The van der Waals surface area contributed by atoms with Crippen LogP contribution in [0.4, 0.5) is 11.4 Å². The summed E-state index contributed by atoms with van der Waals surface area (Å²) in [5.74, 6) is 0.114. The van der Waals surface area contributed by atoms with Gasteiger partial charge in [0.15, 0.2) is 0 Å². The monoisotopic (exact) mass is 267 g/mol. The Labute approximate surface area is 120 Å². The summed E-state index contributed by atoms with van der Waals surface area (Å²) in [7, 11) is 2.05. The van der Waals surface area contributed by atoms with Crippen LogP contribution in [-0.4, -0.2) is 12.9 Å². The van der Waals surface area contributed by atoms with Crippen LogP contribution in [0.3, 0.4) is 0 Å². The summed E-state index contributed by atoms with van der Waals surface area (Å²) in [5, 5.41) is 7.54. The molecule has 0 aliphatic rings. The molecule has 20 heavy (non-hydrogen) atoms. The van der Waals surface area contributed by atoms with E-state index in [2.05, 4.69) is 50.1 Å². The molecule has 0 aliphatic carbocycles. The Kier molecular flexibility index (Phi) is 3.79. The highest BCUT2D eigenvalue weighted by atomic mass is 15.1. The van der Waals surface area contributed by atoms with Crippen molar-refractivity contribution < 1.29 is 0 Å². The SMILES string of the molecule is Cc1cc(C)cc(N(C)c2ccc(C(=N)N)c(C)c2)c1. The molecule has 104 valence electrons. The van der Waals surface area contributed by atoms with Gasteiger partial charge in [-0.25, -0.2) is 0 Å². The second-order valence-electron chi connectivity index (χ2n) is 5.32. The second kappa shape index (κ2) is 5.37. The number of rotatable bonds is 3. The van der Waals surface area contributed by atoms with Crippen LogP contribution in [0.25, 0.3) is 0 Å². The van der Waals surface area contributed by atoms with Gasteiger partial charge in [-0.3, -0.25) is 5.41 Å². The quantitative estimate of drug-likeness (QED) is 0.658. The van der Waals surface area contributed by atoms with Crippen LogP contribution in [0, 0.1) is 26.2 Å². The number of nitrogen functional groups attached to an aromatic ring is 1. The lowest BCUT2D eigenvalue weighted by molar-refractivity contribution is 1.18. The van der Waals surface area contributed by atoms with Gasteiger partial charge in [0.1, 0.15) is 5.84 Å². The molecule has 0 amide bonds.